The number of rotatable bonds is 6. The summed E-state index contributed by atoms with van der Waals surface area (Å²) < 4.78 is 9.77. The van der Waals surface area contributed by atoms with E-state index in [9.17, 15) is 0 Å². The second-order valence-electron chi connectivity index (χ2n) is 1.82. The summed E-state index contributed by atoms with van der Waals surface area (Å²) in [7, 11) is 0. The molecule has 0 saturated carbocycles. The lowest BCUT2D eigenvalue weighted by atomic mass is 10.4. The van der Waals surface area contributed by atoms with Crippen molar-refractivity contribution in [2.75, 3.05) is 19.8 Å². The predicted molar refractivity (Wildman–Crippen MR) is 38.4 cm³/mol. The number of ether oxygens (including phenoxy) is 2. The summed E-state index contributed by atoms with van der Waals surface area (Å²) in [5, 5.41) is 9.01. The molecule has 0 aliphatic carbocycles. The first-order chi connectivity index (χ1) is 4.81. The van der Waals surface area contributed by atoms with Crippen molar-refractivity contribution in [1.82, 2.24) is 0 Å². The largest absolute Gasteiger partial charge is 0.388 e. The van der Waals surface area contributed by atoms with Gasteiger partial charge in [0, 0.05) is 13.2 Å². The average Bonchev–Trinajstić information content (AvgIpc) is 1.97. The van der Waals surface area contributed by atoms with Gasteiger partial charge in [0.1, 0.15) is 12.7 Å². The molecule has 0 fully saturated rings. The normalized spacial score (nSPS) is 10.8. The molecule has 10 heavy (non-hydrogen) atoms. The molecule has 0 rings (SSSR count). The molecule has 0 aliphatic rings. The summed E-state index contributed by atoms with van der Waals surface area (Å²) >= 11 is 0. The molecule has 0 bridgehead atoms. The van der Waals surface area contributed by atoms with Crippen LogP contribution in [0.25, 0.3) is 0 Å². The number of hydrogen-bond acceptors (Lipinski definition) is 3. The molecule has 0 aromatic heterocycles. The topological polar surface area (TPSA) is 38.7 Å². The Kier molecular flexibility index (Phi) is 6.91. The standard InChI is InChI=1S/C7H15O3/c1-3-9-5-7(8)6-10-4-2/h5,7-8H,3-4,6H2,1-2H3. The second kappa shape index (κ2) is 6.99. The van der Waals surface area contributed by atoms with Gasteiger partial charge in [0.05, 0.1) is 6.61 Å². The van der Waals surface area contributed by atoms with Gasteiger partial charge in [0.15, 0.2) is 0 Å². The first kappa shape index (κ1) is 9.88. The van der Waals surface area contributed by atoms with Crippen molar-refractivity contribution in [3.8, 4) is 0 Å². The minimum Gasteiger partial charge on any atom is -0.388 e. The quantitative estimate of drug-likeness (QED) is 0.597. The fourth-order valence-electron chi connectivity index (χ4n) is 0.485. The molecule has 0 aliphatic heterocycles. The van der Waals surface area contributed by atoms with Crippen LogP contribution in [0.4, 0.5) is 0 Å². The van der Waals surface area contributed by atoms with E-state index in [0.717, 1.165) is 0 Å². The van der Waals surface area contributed by atoms with Crippen molar-refractivity contribution in [3.63, 3.8) is 0 Å². The highest BCUT2D eigenvalue weighted by molar-refractivity contribution is 4.63. The van der Waals surface area contributed by atoms with Gasteiger partial charge in [-0.1, -0.05) is 0 Å². The zero-order chi connectivity index (χ0) is 7.82. The van der Waals surface area contributed by atoms with E-state index in [1.165, 1.54) is 6.61 Å². The third-order valence-electron chi connectivity index (χ3n) is 0.913. The minimum atomic E-state index is -0.597. The van der Waals surface area contributed by atoms with Gasteiger partial charge in [-0.15, -0.1) is 0 Å². The second-order valence-corrected chi connectivity index (χ2v) is 1.82. The lowest BCUT2D eigenvalue weighted by Crippen LogP contribution is -2.17. The predicted octanol–water partition coefficient (Wildman–Crippen LogP) is 0.582. The van der Waals surface area contributed by atoms with Gasteiger partial charge in [-0.25, -0.2) is 0 Å². The molecule has 0 heterocycles. The van der Waals surface area contributed by atoms with E-state index in [1.807, 2.05) is 13.8 Å². The molecule has 0 spiro atoms. The Morgan fingerprint density at radius 1 is 1.40 bits per heavy atom. The Hall–Kier alpha value is -0.120. The van der Waals surface area contributed by atoms with Gasteiger partial charge in [-0.05, 0) is 13.8 Å². The summed E-state index contributed by atoms with van der Waals surface area (Å²) in [4.78, 5) is 0. The third-order valence-corrected chi connectivity index (χ3v) is 0.913. The SMILES string of the molecule is CCO[CH]C(O)COCC. The van der Waals surface area contributed by atoms with Crippen molar-refractivity contribution >= 4 is 0 Å². The van der Waals surface area contributed by atoms with E-state index in [2.05, 4.69) is 0 Å². The fraction of sp³-hybridized carbons (Fsp3) is 0.857. The van der Waals surface area contributed by atoms with Crippen molar-refractivity contribution in [3.05, 3.63) is 6.61 Å². The van der Waals surface area contributed by atoms with Crippen LogP contribution < -0.4 is 0 Å². The molecule has 0 saturated heterocycles. The molecule has 0 aromatic rings. The Labute approximate surface area is 62.0 Å². The molecule has 1 radical (unpaired) electrons. The van der Waals surface area contributed by atoms with Crippen molar-refractivity contribution in [2.45, 2.75) is 20.0 Å². The lowest BCUT2D eigenvalue weighted by Gasteiger charge is -2.08. The van der Waals surface area contributed by atoms with Crippen LogP contribution in [0, 0.1) is 6.61 Å². The van der Waals surface area contributed by atoms with E-state index in [-0.39, 0.29) is 0 Å². The monoisotopic (exact) mass is 147 g/mol. The maximum atomic E-state index is 9.01. The van der Waals surface area contributed by atoms with Crippen LogP contribution in [0.15, 0.2) is 0 Å². The number of hydrogen-bond donors (Lipinski definition) is 1. The highest BCUT2D eigenvalue weighted by Gasteiger charge is 2.02. The van der Waals surface area contributed by atoms with Crippen LogP contribution in [0.3, 0.4) is 0 Å². The first-order valence-electron chi connectivity index (χ1n) is 3.52. The molecule has 61 valence electrons. The molecule has 3 nitrogen and oxygen atoms in total. The van der Waals surface area contributed by atoms with Crippen LogP contribution in [-0.2, 0) is 9.47 Å². The van der Waals surface area contributed by atoms with E-state index >= 15 is 0 Å². The molecular weight excluding hydrogens is 132 g/mol. The highest BCUT2D eigenvalue weighted by atomic mass is 16.5. The molecule has 0 aromatic carbocycles. The van der Waals surface area contributed by atoms with Crippen molar-refractivity contribution < 1.29 is 14.6 Å². The molecule has 1 N–H and O–H groups in total. The number of aliphatic hydroxyl groups is 1. The zero-order valence-corrected chi connectivity index (χ0v) is 6.54. The van der Waals surface area contributed by atoms with E-state index in [1.54, 1.807) is 0 Å². The summed E-state index contributed by atoms with van der Waals surface area (Å²) in [6, 6.07) is 0. The minimum absolute atomic E-state index is 0.316. The van der Waals surface area contributed by atoms with Crippen molar-refractivity contribution in [2.24, 2.45) is 0 Å². The Bertz CT molecular complexity index is 57.9. The Morgan fingerprint density at radius 2 is 2.10 bits per heavy atom. The van der Waals surface area contributed by atoms with Gasteiger partial charge in [-0.3, -0.25) is 0 Å². The lowest BCUT2D eigenvalue weighted by molar-refractivity contribution is 0.0205. The van der Waals surface area contributed by atoms with Gasteiger partial charge >= 0.3 is 0 Å². The van der Waals surface area contributed by atoms with Crippen LogP contribution in [-0.4, -0.2) is 31.0 Å². The third kappa shape index (κ3) is 6.01. The summed E-state index contributed by atoms with van der Waals surface area (Å²) in [6.45, 7) is 6.66. The molecule has 1 unspecified atom stereocenters. The smallest absolute Gasteiger partial charge is 0.114 e. The molecule has 3 heteroatoms. The van der Waals surface area contributed by atoms with Crippen LogP contribution in [0.2, 0.25) is 0 Å². The van der Waals surface area contributed by atoms with E-state index < -0.39 is 6.10 Å². The Morgan fingerprint density at radius 3 is 2.60 bits per heavy atom. The van der Waals surface area contributed by atoms with Gasteiger partial charge < -0.3 is 14.6 Å². The van der Waals surface area contributed by atoms with Gasteiger partial charge in [0.25, 0.3) is 0 Å². The molecule has 0 amide bonds. The first-order valence-corrected chi connectivity index (χ1v) is 3.52. The molecular formula is C7H15O3. The molecule has 1 atom stereocenters. The Balaban J connectivity index is 3.00. The van der Waals surface area contributed by atoms with Crippen molar-refractivity contribution in [1.29, 1.82) is 0 Å². The zero-order valence-electron chi connectivity index (χ0n) is 6.54. The average molecular weight is 147 g/mol. The van der Waals surface area contributed by atoms with Gasteiger partial charge in [0.2, 0.25) is 0 Å². The maximum absolute atomic E-state index is 9.01. The summed E-state index contributed by atoms with van der Waals surface area (Å²) in [5.41, 5.74) is 0. The van der Waals surface area contributed by atoms with Crippen LogP contribution in [0.1, 0.15) is 13.8 Å². The van der Waals surface area contributed by atoms with E-state index in [4.69, 9.17) is 14.6 Å². The highest BCUT2D eigenvalue weighted by Crippen LogP contribution is 1.92. The van der Waals surface area contributed by atoms with Gasteiger partial charge in [-0.2, -0.15) is 0 Å². The summed E-state index contributed by atoms with van der Waals surface area (Å²) in [6.07, 6.45) is -0.597. The fourth-order valence-corrected chi connectivity index (χ4v) is 0.485. The maximum Gasteiger partial charge on any atom is 0.114 e. The summed E-state index contributed by atoms with van der Waals surface area (Å²) in [5.74, 6) is 0. The van der Waals surface area contributed by atoms with Crippen LogP contribution in [0.5, 0.6) is 0 Å². The van der Waals surface area contributed by atoms with E-state index in [0.29, 0.717) is 19.8 Å². The number of aliphatic hydroxyl groups excluding tert-OH is 1. The van der Waals surface area contributed by atoms with Crippen LogP contribution >= 0.6 is 0 Å².